The first-order chi connectivity index (χ1) is 4.45. The summed E-state index contributed by atoms with van der Waals surface area (Å²) in [5.41, 5.74) is 5.43. The van der Waals surface area contributed by atoms with Gasteiger partial charge in [0.2, 0.25) is 0 Å². The molecule has 0 aromatic carbocycles. The van der Waals surface area contributed by atoms with Crippen LogP contribution in [0.2, 0.25) is 12.6 Å². The van der Waals surface area contributed by atoms with Gasteiger partial charge in [0.1, 0.15) is 0 Å². The first-order valence-electron chi connectivity index (χ1n) is 3.83. The quantitative estimate of drug-likeness (QED) is 0.629. The van der Waals surface area contributed by atoms with Crippen molar-refractivity contribution >= 4 is 9.04 Å². The van der Waals surface area contributed by atoms with Crippen LogP contribution in [-0.2, 0) is 4.43 Å². The van der Waals surface area contributed by atoms with E-state index in [1.807, 2.05) is 0 Å². The SMILES string of the molecule is C[SiH](CCN)OC(C)(C)C. The van der Waals surface area contributed by atoms with Crippen molar-refractivity contribution in [2.24, 2.45) is 5.73 Å². The second-order valence-electron chi connectivity index (χ2n) is 3.62. The first kappa shape index (κ1) is 10.1. The molecule has 3 heteroatoms. The molecular weight excluding hydrogens is 142 g/mol. The number of hydrogen-bond acceptors (Lipinski definition) is 2. The fourth-order valence-electron chi connectivity index (χ4n) is 0.897. The van der Waals surface area contributed by atoms with Gasteiger partial charge in [-0.25, -0.2) is 0 Å². The molecule has 0 fully saturated rings. The molecule has 2 nitrogen and oxygen atoms in total. The summed E-state index contributed by atoms with van der Waals surface area (Å²) in [6, 6.07) is 1.08. The van der Waals surface area contributed by atoms with Crippen molar-refractivity contribution in [3.05, 3.63) is 0 Å². The van der Waals surface area contributed by atoms with E-state index in [1.165, 1.54) is 0 Å². The predicted molar refractivity (Wildman–Crippen MR) is 47.7 cm³/mol. The molecule has 0 spiro atoms. The Morgan fingerprint density at radius 2 is 1.90 bits per heavy atom. The van der Waals surface area contributed by atoms with Gasteiger partial charge in [-0.15, -0.1) is 0 Å². The first-order valence-corrected chi connectivity index (χ1v) is 6.28. The Morgan fingerprint density at radius 1 is 1.40 bits per heavy atom. The van der Waals surface area contributed by atoms with E-state index in [0.29, 0.717) is 0 Å². The van der Waals surface area contributed by atoms with Gasteiger partial charge in [0, 0.05) is 5.60 Å². The molecule has 0 radical (unpaired) electrons. The molecule has 0 aliphatic rings. The Balaban J connectivity index is 3.47. The van der Waals surface area contributed by atoms with Crippen LogP contribution in [0.1, 0.15) is 20.8 Å². The second kappa shape index (κ2) is 4.11. The summed E-state index contributed by atoms with van der Waals surface area (Å²) in [6.07, 6.45) is 0. The summed E-state index contributed by atoms with van der Waals surface area (Å²) >= 11 is 0. The van der Waals surface area contributed by atoms with Crippen LogP contribution in [0, 0.1) is 0 Å². The molecule has 10 heavy (non-hydrogen) atoms. The van der Waals surface area contributed by atoms with Gasteiger partial charge in [-0.05, 0) is 39.9 Å². The summed E-state index contributed by atoms with van der Waals surface area (Å²) in [6.45, 7) is 9.23. The Kier molecular flexibility index (Phi) is 4.16. The Hall–Kier alpha value is 0.137. The van der Waals surface area contributed by atoms with Crippen molar-refractivity contribution in [2.45, 2.75) is 39.0 Å². The number of nitrogens with two attached hydrogens (primary N) is 1. The van der Waals surface area contributed by atoms with Crippen LogP contribution >= 0.6 is 0 Å². The summed E-state index contributed by atoms with van der Waals surface area (Å²) in [4.78, 5) is 0. The lowest BCUT2D eigenvalue weighted by molar-refractivity contribution is 0.130. The van der Waals surface area contributed by atoms with E-state index in [0.717, 1.165) is 12.6 Å². The standard InChI is InChI=1S/C7H19NOSi/c1-7(2,3)9-10(4)6-5-8/h10H,5-6,8H2,1-4H3. The van der Waals surface area contributed by atoms with Gasteiger partial charge in [0.25, 0.3) is 0 Å². The van der Waals surface area contributed by atoms with E-state index in [9.17, 15) is 0 Å². The van der Waals surface area contributed by atoms with Crippen LogP contribution < -0.4 is 5.73 Å². The van der Waals surface area contributed by atoms with Gasteiger partial charge < -0.3 is 10.2 Å². The van der Waals surface area contributed by atoms with Crippen molar-refractivity contribution in [1.29, 1.82) is 0 Å². The summed E-state index contributed by atoms with van der Waals surface area (Å²) in [5, 5.41) is 0. The predicted octanol–water partition coefficient (Wildman–Crippen LogP) is 1.11. The molecule has 1 atom stereocenters. The van der Waals surface area contributed by atoms with Crippen molar-refractivity contribution in [3.8, 4) is 0 Å². The zero-order valence-electron chi connectivity index (χ0n) is 7.48. The molecule has 0 bridgehead atoms. The molecular formula is C7H19NOSi. The van der Waals surface area contributed by atoms with Crippen LogP contribution in [0.4, 0.5) is 0 Å². The lowest BCUT2D eigenvalue weighted by Gasteiger charge is -2.24. The maximum atomic E-state index is 5.74. The maximum Gasteiger partial charge on any atom is 0.175 e. The molecule has 2 N–H and O–H groups in total. The van der Waals surface area contributed by atoms with Crippen LogP contribution in [0.25, 0.3) is 0 Å². The van der Waals surface area contributed by atoms with Crippen molar-refractivity contribution in [2.75, 3.05) is 6.54 Å². The van der Waals surface area contributed by atoms with Crippen molar-refractivity contribution < 1.29 is 4.43 Å². The van der Waals surface area contributed by atoms with Crippen molar-refractivity contribution in [1.82, 2.24) is 0 Å². The molecule has 0 saturated heterocycles. The normalized spacial score (nSPS) is 15.3. The lowest BCUT2D eigenvalue weighted by atomic mass is 10.2. The molecule has 0 saturated carbocycles. The van der Waals surface area contributed by atoms with E-state index in [1.54, 1.807) is 0 Å². The number of hydrogen-bond donors (Lipinski definition) is 1. The minimum Gasteiger partial charge on any atom is -0.416 e. The second-order valence-corrected chi connectivity index (χ2v) is 6.05. The van der Waals surface area contributed by atoms with Gasteiger partial charge in [-0.2, -0.15) is 0 Å². The molecule has 0 amide bonds. The summed E-state index contributed by atoms with van der Waals surface area (Å²) in [5.74, 6) is 0. The van der Waals surface area contributed by atoms with E-state index >= 15 is 0 Å². The molecule has 0 aromatic rings. The largest absolute Gasteiger partial charge is 0.416 e. The van der Waals surface area contributed by atoms with Gasteiger partial charge in [-0.1, -0.05) is 0 Å². The Bertz CT molecular complexity index is 90.1. The molecule has 62 valence electrons. The highest BCUT2D eigenvalue weighted by molar-refractivity contribution is 6.50. The average Bonchev–Trinajstić information content (AvgIpc) is 1.59. The maximum absolute atomic E-state index is 5.74. The average molecular weight is 161 g/mol. The zero-order chi connectivity index (χ0) is 8.20. The zero-order valence-corrected chi connectivity index (χ0v) is 8.63. The number of rotatable bonds is 3. The topological polar surface area (TPSA) is 35.2 Å². The van der Waals surface area contributed by atoms with Crippen LogP contribution in [0.15, 0.2) is 0 Å². The summed E-state index contributed by atoms with van der Waals surface area (Å²) in [7, 11) is -0.952. The van der Waals surface area contributed by atoms with E-state index in [2.05, 4.69) is 27.3 Å². The highest BCUT2D eigenvalue weighted by Crippen LogP contribution is 2.09. The summed E-state index contributed by atoms with van der Waals surface area (Å²) < 4.78 is 5.74. The third-order valence-corrected chi connectivity index (χ3v) is 3.38. The Labute approximate surface area is 65.5 Å². The van der Waals surface area contributed by atoms with E-state index < -0.39 is 9.04 Å². The third kappa shape index (κ3) is 6.26. The highest BCUT2D eigenvalue weighted by Gasteiger charge is 2.14. The van der Waals surface area contributed by atoms with Crippen LogP contribution in [-0.4, -0.2) is 21.2 Å². The minimum absolute atomic E-state index is 0.0286. The van der Waals surface area contributed by atoms with E-state index in [4.69, 9.17) is 10.2 Å². The van der Waals surface area contributed by atoms with Gasteiger partial charge in [0.05, 0.1) is 0 Å². The van der Waals surface area contributed by atoms with Crippen molar-refractivity contribution in [3.63, 3.8) is 0 Å². The van der Waals surface area contributed by atoms with Gasteiger partial charge >= 0.3 is 0 Å². The highest BCUT2D eigenvalue weighted by atomic mass is 28.3. The smallest absolute Gasteiger partial charge is 0.175 e. The fraction of sp³-hybridized carbons (Fsp3) is 1.00. The molecule has 0 aliphatic heterocycles. The molecule has 1 unspecified atom stereocenters. The fourth-order valence-corrected chi connectivity index (χ4v) is 2.69. The van der Waals surface area contributed by atoms with Gasteiger partial charge in [0.15, 0.2) is 9.04 Å². The van der Waals surface area contributed by atoms with Crippen LogP contribution in [0.3, 0.4) is 0 Å². The van der Waals surface area contributed by atoms with Crippen LogP contribution in [0.5, 0.6) is 0 Å². The molecule has 0 aliphatic carbocycles. The molecule has 0 aromatic heterocycles. The third-order valence-electron chi connectivity index (χ3n) is 1.13. The molecule has 0 heterocycles. The molecule has 0 rings (SSSR count). The lowest BCUT2D eigenvalue weighted by Crippen LogP contribution is -2.29. The monoisotopic (exact) mass is 161 g/mol. The van der Waals surface area contributed by atoms with E-state index in [-0.39, 0.29) is 5.60 Å². The Morgan fingerprint density at radius 3 is 2.20 bits per heavy atom. The minimum atomic E-state index is -0.952. The van der Waals surface area contributed by atoms with Gasteiger partial charge in [-0.3, -0.25) is 0 Å².